The molecule has 20 heavy (non-hydrogen) atoms. The van der Waals surface area contributed by atoms with Gasteiger partial charge in [-0.25, -0.2) is 0 Å². The molecule has 0 aromatic heterocycles. The van der Waals surface area contributed by atoms with Crippen molar-refractivity contribution < 1.29 is 19.4 Å². The van der Waals surface area contributed by atoms with Crippen molar-refractivity contribution in [3.8, 4) is 0 Å². The molecule has 3 unspecified atom stereocenters. The van der Waals surface area contributed by atoms with Crippen molar-refractivity contribution in [2.24, 2.45) is 5.92 Å². The van der Waals surface area contributed by atoms with Crippen LogP contribution >= 0.6 is 0 Å². The molecule has 2 fully saturated rings. The second-order valence-corrected chi connectivity index (χ2v) is 5.93. The van der Waals surface area contributed by atoms with Gasteiger partial charge in [0.2, 0.25) is 5.91 Å². The van der Waals surface area contributed by atoms with E-state index in [1.165, 1.54) is 0 Å². The van der Waals surface area contributed by atoms with E-state index in [2.05, 4.69) is 5.32 Å². The van der Waals surface area contributed by atoms with Gasteiger partial charge in [0, 0.05) is 19.1 Å². The van der Waals surface area contributed by atoms with Crippen LogP contribution in [0.5, 0.6) is 0 Å². The van der Waals surface area contributed by atoms with E-state index in [9.17, 15) is 14.7 Å². The first kappa shape index (κ1) is 15.3. The smallest absolute Gasteiger partial charge is 0.308 e. The second-order valence-electron chi connectivity index (χ2n) is 5.93. The lowest BCUT2D eigenvalue weighted by molar-refractivity contribution is -0.143. The Morgan fingerprint density at radius 1 is 1.10 bits per heavy atom. The molecule has 1 saturated heterocycles. The third kappa shape index (κ3) is 4.47. The van der Waals surface area contributed by atoms with Crippen LogP contribution in [0.3, 0.4) is 0 Å². The monoisotopic (exact) mass is 283 g/mol. The van der Waals surface area contributed by atoms with Crippen LogP contribution in [0.4, 0.5) is 0 Å². The van der Waals surface area contributed by atoms with Crippen LogP contribution in [-0.2, 0) is 14.3 Å². The highest BCUT2D eigenvalue weighted by molar-refractivity contribution is 5.78. The number of hydrogen-bond donors (Lipinski definition) is 2. The first-order chi connectivity index (χ1) is 9.66. The van der Waals surface area contributed by atoms with E-state index >= 15 is 0 Å². The molecule has 2 rings (SSSR count). The molecule has 5 nitrogen and oxygen atoms in total. The maximum absolute atomic E-state index is 12.0. The predicted molar refractivity (Wildman–Crippen MR) is 74.3 cm³/mol. The number of carbonyl (C=O) groups is 2. The standard InChI is InChI=1S/C15H25NO4/c17-14(9-8-11-5-4-10-20-11)16-13-7-3-1-2-6-12(13)15(18)19/h11-13H,1-10H2,(H,16,17)(H,18,19). The average molecular weight is 283 g/mol. The molecule has 1 saturated carbocycles. The molecule has 5 heteroatoms. The number of amides is 1. The summed E-state index contributed by atoms with van der Waals surface area (Å²) in [5.41, 5.74) is 0. The third-order valence-electron chi connectivity index (χ3n) is 4.40. The van der Waals surface area contributed by atoms with Crippen LogP contribution in [0, 0.1) is 5.92 Å². The molecule has 0 bridgehead atoms. The Balaban J connectivity index is 1.79. The minimum absolute atomic E-state index is 0.0290. The zero-order valence-corrected chi connectivity index (χ0v) is 12.0. The molecule has 2 N–H and O–H groups in total. The van der Waals surface area contributed by atoms with Crippen molar-refractivity contribution in [2.75, 3.05) is 6.61 Å². The normalized spacial score (nSPS) is 30.7. The van der Waals surface area contributed by atoms with Crippen LogP contribution in [0.1, 0.15) is 57.8 Å². The number of hydrogen-bond acceptors (Lipinski definition) is 3. The lowest BCUT2D eigenvalue weighted by Gasteiger charge is -2.23. The van der Waals surface area contributed by atoms with Crippen LogP contribution in [0.2, 0.25) is 0 Å². The maximum Gasteiger partial charge on any atom is 0.308 e. The van der Waals surface area contributed by atoms with E-state index in [-0.39, 0.29) is 18.1 Å². The molecule has 114 valence electrons. The molecule has 1 aliphatic heterocycles. The number of nitrogens with one attached hydrogen (secondary N) is 1. The predicted octanol–water partition coefficient (Wildman–Crippen LogP) is 2.10. The third-order valence-corrected chi connectivity index (χ3v) is 4.40. The highest BCUT2D eigenvalue weighted by Crippen LogP contribution is 2.24. The molecule has 3 atom stereocenters. The summed E-state index contributed by atoms with van der Waals surface area (Å²) in [5.74, 6) is -1.24. The molecule has 1 heterocycles. The van der Waals surface area contributed by atoms with Crippen LogP contribution < -0.4 is 5.32 Å². The van der Waals surface area contributed by atoms with Crippen molar-refractivity contribution in [1.29, 1.82) is 0 Å². The topological polar surface area (TPSA) is 75.6 Å². The number of ether oxygens (including phenoxy) is 1. The molecule has 1 aliphatic carbocycles. The van der Waals surface area contributed by atoms with E-state index in [1.54, 1.807) is 0 Å². The molecule has 0 radical (unpaired) electrons. The fourth-order valence-corrected chi connectivity index (χ4v) is 3.22. The van der Waals surface area contributed by atoms with Gasteiger partial charge in [-0.1, -0.05) is 19.3 Å². The Morgan fingerprint density at radius 3 is 2.60 bits per heavy atom. The van der Waals surface area contributed by atoms with Gasteiger partial charge in [-0.15, -0.1) is 0 Å². The van der Waals surface area contributed by atoms with Gasteiger partial charge < -0.3 is 15.2 Å². The van der Waals surface area contributed by atoms with Gasteiger partial charge in [0.05, 0.1) is 12.0 Å². The SMILES string of the molecule is O=C(CCC1CCCO1)NC1CCCCCC1C(=O)O. The first-order valence-electron chi connectivity index (χ1n) is 7.80. The van der Waals surface area contributed by atoms with Gasteiger partial charge in [-0.2, -0.15) is 0 Å². The molecular formula is C15H25NO4. The van der Waals surface area contributed by atoms with E-state index in [1.807, 2.05) is 0 Å². The number of aliphatic carboxylic acids is 1. The Bertz CT molecular complexity index is 339. The minimum atomic E-state index is -0.781. The summed E-state index contributed by atoms with van der Waals surface area (Å²) in [6.45, 7) is 0.802. The minimum Gasteiger partial charge on any atom is -0.481 e. The Labute approximate surface area is 120 Å². The highest BCUT2D eigenvalue weighted by Gasteiger charge is 2.30. The number of rotatable bonds is 5. The van der Waals surface area contributed by atoms with Crippen LogP contribution in [-0.4, -0.2) is 35.7 Å². The molecule has 0 spiro atoms. The van der Waals surface area contributed by atoms with Crippen LogP contribution in [0.25, 0.3) is 0 Å². The summed E-state index contributed by atoms with van der Waals surface area (Å²) < 4.78 is 5.50. The Morgan fingerprint density at radius 2 is 1.90 bits per heavy atom. The quantitative estimate of drug-likeness (QED) is 0.758. The number of carboxylic acids is 1. The Kier molecular flexibility index (Phi) is 5.83. The summed E-state index contributed by atoms with van der Waals surface area (Å²) in [5, 5.41) is 12.2. The maximum atomic E-state index is 12.0. The van der Waals surface area contributed by atoms with Crippen LogP contribution in [0.15, 0.2) is 0 Å². The van der Waals surface area contributed by atoms with Crippen molar-refractivity contribution in [1.82, 2.24) is 5.32 Å². The summed E-state index contributed by atoms with van der Waals surface area (Å²) in [6.07, 6.45) is 7.97. The fourth-order valence-electron chi connectivity index (χ4n) is 3.22. The molecule has 0 aromatic carbocycles. The van der Waals surface area contributed by atoms with Gasteiger partial charge in [0.25, 0.3) is 0 Å². The molecule has 0 aromatic rings. The summed E-state index contributed by atoms with van der Waals surface area (Å²) in [7, 11) is 0. The second kappa shape index (κ2) is 7.62. The number of carbonyl (C=O) groups excluding carboxylic acids is 1. The van der Waals surface area contributed by atoms with Crippen molar-refractivity contribution in [3.05, 3.63) is 0 Å². The fraction of sp³-hybridized carbons (Fsp3) is 0.867. The molecule has 2 aliphatic rings. The van der Waals surface area contributed by atoms with Gasteiger partial charge in [-0.05, 0) is 32.1 Å². The lowest BCUT2D eigenvalue weighted by atomic mass is 9.94. The first-order valence-corrected chi connectivity index (χ1v) is 7.80. The van der Waals surface area contributed by atoms with Gasteiger partial charge >= 0.3 is 5.97 Å². The highest BCUT2D eigenvalue weighted by atomic mass is 16.5. The van der Waals surface area contributed by atoms with Crippen molar-refractivity contribution >= 4 is 11.9 Å². The average Bonchev–Trinajstić information content (AvgIpc) is 2.82. The van der Waals surface area contributed by atoms with Gasteiger partial charge in [0.15, 0.2) is 0 Å². The zero-order chi connectivity index (χ0) is 14.4. The van der Waals surface area contributed by atoms with E-state index in [0.717, 1.165) is 51.6 Å². The zero-order valence-electron chi connectivity index (χ0n) is 12.0. The van der Waals surface area contributed by atoms with E-state index in [0.29, 0.717) is 12.8 Å². The van der Waals surface area contributed by atoms with Crippen molar-refractivity contribution in [3.63, 3.8) is 0 Å². The lowest BCUT2D eigenvalue weighted by Crippen LogP contribution is -2.42. The largest absolute Gasteiger partial charge is 0.481 e. The van der Waals surface area contributed by atoms with Gasteiger partial charge in [-0.3, -0.25) is 9.59 Å². The van der Waals surface area contributed by atoms with E-state index in [4.69, 9.17) is 4.74 Å². The molecular weight excluding hydrogens is 258 g/mol. The number of carboxylic acid groups (broad SMARTS) is 1. The van der Waals surface area contributed by atoms with Crippen molar-refractivity contribution in [2.45, 2.75) is 69.9 Å². The summed E-state index contributed by atoms with van der Waals surface area (Å²) in [6, 6.07) is -0.202. The summed E-state index contributed by atoms with van der Waals surface area (Å²) >= 11 is 0. The summed E-state index contributed by atoms with van der Waals surface area (Å²) in [4.78, 5) is 23.3. The Hall–Kier alpha value is -1.10. The van der Waals surface area contributed by atoms with E-state index < -0.39 is 11.9 Å². The molecule has 1 amide bonds. The van der Waals surface area contributed by atoms with Gasteiger partial charge in [0.1, 0.15) is 0 Å².